The number of nitrogens with one attached hydrogen (secondary N) is 1. The van der Waals surface area contributed by atoms with E-state index in [0.717, 1.165) is 29.8 Å². The second-order valence-corrected chi connectivity index (χ2v) is 6.09. The highest BCUT2D eigenvalue weighted by atomic mass is 32.1. The summed E-state index contributed by atoms with van der Waals surface area (Å²) in [7, 11) is 0. The second-order valence-electron chi connectivity index (χ2n) is 5.20. The van der Waals surface area contributed by atoms with E-state index in [1.165, 1.54) is 11.3 Å². The van der Waals surface area contributed by atoms with Crippen LogP contribution in [0.1, 0.15) is 53.3 Å². The molecule has 0 radical (unpaired) electrons. The number of anilines is 1. The van der Waals surface area contributed by atoms with Crippen LogP contribution in [0.5, 0.6) is 0 Å². The molecule has 2 rings (SSSR count). The number of hydrogen-bond donors (Lipinski definition) is 3. The van der Waals surface area contributed by atoms with Crippen molar-refractivity contribution in [3.05, 3.63) is 45.9 Å². The molecule has 1 unspecified atom stereocenters. The summed E-state index contributed by atoms with van der Waals surface area (Å²) in [6, 6.07) is 7.38. The van der Waals surface area contributed by atoms with E-state index in [0.29, 0.717) is 17.9 Å². The molecular formula is C16H22N4OS. The molecule has 0 spiro atoms. The summed E-state index contributed by atoms with van der Waals surface area (Å²) in [6.45, 7) is 2.52. The zero-order valence-corrected chi connectivity index (χ0v) is 13.5. The molecule has 6 heteroatoms. The van der Waals surface area contributed by atoms with E-state index >= 15 is 0 Å². The van der Waals surface area contributed by atoms with Gasteiger partial charge in [0, 0.05) is 17.6 Å². The normalized spacial score (nSPS) is 12.1. The molecule has 0 bridgehead atoms. The molecule has 118 valence electrons. The summed E-state index contributed by atoms with van der Waals surface area (Å²) >= 11 is 1.44. The number of thiazole rings is 1. The third kappa shape index (κ3) is 4.29. The van der Waals surface area contributed by atoms with Crippen LogP contribution in [0.15, 0.2) is 29.6 Å². The molecule has 5 nitrogen and oxygen atoms in total. The van der Waals surface area contributed by atoms with E-state index < -0.39 is 0 Å². The molecule has 1 amide bonds. The Bertz CT molecular complexity index is 626. The van der Waals surface area contributed by atoms with Gasteiger partial charge in [-0.1, -0.05) is 38.0 Å². The maximum atomic E-state index is 12.1. The lowest BCUT2D eigenvalue weighted by Crippen LogP contribution is -2.23. The van der Waals surface area contributed by atoms with Crippen LogP contribution in [0, 0.1) is 0 Å². The molecule has 2 aromatic rings. The van der Waals surface area contributed by atoms with Gasteiger partial charge in [-0.25, -0.2) is 4.98 Å². The van der Waals surface area contributed by atoms with Crippen molar-refractivity contribution in [2.75, 3.05) is 5.73 Å². The standard InChI is InChI=1S/C16H22N4OS/c1-2-3-7-13(18)16-20-14(10-22-16)15(21)19-9-11-6-4-5-8-12(11)17/h4-6,8,10,13H,2-3,7,9,17-18H2,1H3,(H,19,21). The van der Waals surface area contributed by atoms with Gasteiger partial charge in [0.25, 0.3) is 5.91 Å². The lowest BCUT2D eigenvalue weighted by Gasteiger charge is -2.07. The molecule has 1 heterocycles. The number of rotatable bonds is 7. The molecule has 0 saturated carbocycles. The van der Waals surface area contributed by atoms with Crippen molar-refractivity contribution in [3.8, 4) is 0 Å². The van der Waals surface area contributed by atoms with Crippen LogP contribution in [0.4, 0.5) is 5.69 Å². The lowest BCUT2D eigenvalue weighted by molar-refractivity contribution is 0.0946. The Kier molecular flexibility index (Phi) is 5.91. The summed E-state index contributed by atoms with van der Waals surface area (Å²) in [5.74, 6) is -0.201. The van der Waals surface area contributed by atoms with Gasteiger partial charge in [-0.2, -0.15) is 0 Å². The van der Waals surface area contributed by atoms with Crippen LogP contribution in [0.25, 0.3) is 0 Å². The highest BCUT2D eigenvalue weighted by Crippen LogP contribution is 2.21. The van der Waals surface area contributed by atoms with Crippen LogP contribution in [-0.4, -0.2) is 10.9 Å². The Morgan fingerprint density at radius 1 is 1.41 bits per heavy atom. The van der Waals surface area contributed by atoms with E-state index in [9.17, 15) is 4.79 Å². The fourth-order valence-electron chi connectivity index (χ4n) is 2.07. The highest BCUT2D eigenvalue weighted by molar-refractivity contribution is 7.09. The number of carbonyl (C=O) groups is 1. The third-order valence-corrected chi connectivity index (χ3v) is 4.41. The minimum atomic E-state index is -0.201. The Morgan fingerprint density at radius 3 is 2.91 bits per heavy atom. The van der Waals surface area contributed by atoms with Crippen molar-refractivity contribution < 1.29 is 4.79 Å². The largest absolute Gasteiger partial charge is 0.398 e. The summed E-state index contributed by atoms with van der Waals surface area (Å²) in [5.41, 5.74) is 13.9. The predicted molar refractivity (Wildman–Crippen MR) is 90.6 cm³/mol. The van der Waals surface area contributed by atoms with E-state index in [1.54, 1.807) is 5.38 Å². The first-order valence-electron chi connectivity index (χ1n) is 7.44. The predicted octanol–water partition coefficient (Wildman–Crippen LogP) is 2.85. The Labute approximate surface area is 134 Å². The van der Waals surface area contributed by atoms with Crippen LogP contribution >= 0.6 is 11.3 Å². The van der Waals surface area contributed by atoms with Crippen LogP contribution in [0.3, 0.4) is 0 Å². The highest BCUT2D eigenvalue weighted by Gasteiger charge is 2.15. The Balaban J connectivity index is 1.93. The molecule has 5 N–H and O–H groups in total. The number of carbonyl (C=O) groups excluding carboxylic acids is 1. The van der Waals surface area contributed by atoms with Gasteiger partial charge in [-0.3, -0.25) is 4.79 Å². The van der Waals surface area contributed by atoms with Crippen LogP contribution in [0.2, 0.25) is 0 Å². The van der Waals surface area contributed by atoms with E-state index in [4.69, 9.17) is 11.5 Å². The van der Waals surface area contributed by atoms with Gasteiger partial charge in [0.1, 0.15) is 10.7 Å². The van der Waals surface area contributed by atoms with Crippen molar-refractivity contribution in [1.29, 1.82) is 0 Å². The summed E-state index contributed by atoms with van der Waals surface area (Å²) in [6.07, 6.45) is 3.06. The minimum absolute atomic E-state index is 0.0868. The van der Waals surface area contributed by atoms with Gasteiger partial charge in [0.05, 0.1) is 6.04 Å². The second kappa shape index (κ2) is 7.91. The fraction of sp³-hybridized carbons (Fsp3) is 0.375. The number of para-hydroxylation sites is 1. The number of aromatic nitrogens is 1. The van der Waals surface area contributed by atoms with Crippen molar-refractivity contribution in [2.45, 2.75) is 38.8 Å². The number of amides is 1. The van der Waals surface area contributed by atoms with Crippen molar-refractivity contribution in [3.63, 3.8) is 0 Å². The summed E-state index contributed by atoms with van der Waals surface area (Å²) in [5, 5.41) is 5.41. The van der Waals surface area contributed by atoms with Crippen molar-refractivity contribution in [2.24, 2.45) is 5.73 Å². The molecule has 0 aliphatic rings. The molecule has 22 heavy (non-hydrogen) atoms. The number of nitrogens with zero attached hydrogens (tertiary/aromatic N) is 1. The van der Waals surface area contributed by atoms with Gasteiger partial charge in [-0.05, 0) is 18.1 Å². The monoisotopic (exact) mass is 318 g/mol. The van der Waals surface area contributed by atoms with Gasteiger partial charge in [-0.15, -0.1) is 11.3 Å². The zero-order chi connectivity index (χ0) is 15.9. The Morgan fingerprint density at radius 2 is 2.18 bits per heavy atom. The number of unbranched alkanes of at least 4 members (excludes halogenated alkanes) is 1. The smallest absolute Gasteiger partial charge is 0.271 e. The summed E-state index contributed by atoms with van der Waals surface area (Å²) in [4.78, 5) is 16.5. The minimum Gasteiger partial charge on any atom is -0.398 e. The number of nitrogens with two attached hydrogens (primary N) is 2. The van der Waals surface area contributed by atoms with Gasteiger partial charge in [0.2, 0.25) is 0 Å². The fourth-order valence-corrected chi connectivity index (χ4v) is 2.91. The maximum Gasteiger partial charge on any atom is 0.271 e. The van der Waals surface area contributed by atoms with Gasteiger partial charge < -0.3 is 16.8 Å². The topological polar surface area (TPSA) is 94.0 Å². The number of hydrogen-bond acceptors (Lipinski definition) is 5. The average molecular weight is 318 g/mol. The molecule has 0 fully saturated rings. The number of benzene rings is 1. The van der Waals surface area contributed by atoms with Crippen molar-refractivity contribution in [1.82, 2.24) is 10.3 Å². The first-order valence-corrected chi connectivity index (χ1v) is 8.32. The lowest BCUT2D eigenvalue weighted by atomic mass is 10.1. The van der Waals surface area contributed by atoms with Crippen molar-refractivity contribution >= 4 is 22.9 Å². The maximum absolute atomic E-state index is 12.1. The molecular weight excluding hydrogens is 296 g/mol. The first kappa shape index (κ1) is 16.5. The molecule has 0 aliphatic carbocycles. The number of nitrogen functional groups attached to an aromatic ring is 1. The average Bonchev–Trinajstić information content (AvgIpc) is 3.01. The first-order chi connectivity index (χ1) is 10.6. The van der Waals surface area contributed by atoms with Gasteiger partial charge >= 0.3 is 0 Å². The van der Waals surface area contributed by atoms with E-state index in [1.807, 2.05) is 24.3 Å². The SMILES string of the molecule is CCCCC(N)c1nc(C(=O)NCc2ccccc2N)cs1. The third-order valence-electron chi connectivity index (χ3n) is 3.43. The molecule has 1 aromatic carbocycles. The molecule has 1 aromatic heterocycles. The quantitative estimate of drug-likeness (QED) is 0.684. The molecule has 0 saturated heterocycles. The zero-order valence-electron chi connectivity index (χ0n) is 12.7. The van der Waals surface area contributed by atoms with E-state index in [2.05, 4.69) is 17.2 Å². The van der Waals surface area contributed by atoms with Gasteiger partial charge in [0.15, 0.2) is 0 Å². The molecule has 1 atom stereocenters. The van der Waals surface area contributed by atoms with Crippen LogP contribution < -0.4 is 16.8 Å². The Hall–Kier alpha value is -1.92. The molecule has 0 aliphatic heterocycles. The summed E-state index contributed by atoms with van der Waals surface area (Å²) < 4.78 is 0. The van der Waals surface area contributed by atoms with Crippen LogP contribution in [-0.2, 0) is 6.54 Å². The van der Waals surface area contributed by atoms with E-state index in [-0.39, 0.29) is 11.9 Å².